The molecule has 0 saturated heterocycles. The van der Waals surface area contributed by atoms with Crippen LogP contribution in [0.15, 0.2) is 53.1 Å². The van der Waals surface area contributed by atoms with Crippen molar-refractivity contribution in [1.29, 1.82) is 0 Å². The quantitative estimate of drug-likeness (QED) is 0.705. The van der Waals surface area contributed by atoms with Crippen LogP contribution in [0.25, 0.3) is 11.4 Å². The molecule has 1 heterocycles. The highest BCUT2D eigenvalue weighted by Crippen LogP contribution is 2.17. The van der Waals surface area contributed by atoms with Crippen LogP contribution in [0.4, 0.5) is 5.69 Å². The van der Waals surface area contributed by atoms with Crippen molar-refractivity contribution in [2.24, 2.45) is 0 Å². The van der Waals surface area contributed by atoms with Crippen LogP contribution in [-0.2, 0) is 6.54 Å². The molecule has 0 aliphatic carbocycles. The minimum atomic E-state index is 0.372. The lowest BCUT2D eigenvalue weighted by molar-refractivity contribution is 0.376. The van der Waals surface area contributed by atoms with Crippen molar-refractivity contribution in [3.63, 3.8) is 0 Å². The maximum Gasteiger partial charge on any atom is 0.246 e. The molecular formula is C18H18N4OS. The zero-order valence-corrected chi connectivity index (χ0v) is 14.4. The molecule has 122 valence electrons. The average Bonchev–Trinajstić information content (AvgIpc) is 3.04. The Hall–Kier alpha value is -2.73. The standard InChI is InChI=1S/C18H18N4OS/c1-12-6-5-8-14(10-12)17-21-16(23-22-17)11-19-18(24)20-15-9-4-3-7-13(15)2/h3-10H,11H2,1-2H3,(H2,19,20,24). The first kappa shape index (κ1) is 16.1. The molecular weight excluding hydrogens is 320 g/mol. The summed E-state index contributed by atoms with van der Waals surface area (Å²) in [7, 11) is 0. The third kappa shape index (κ3) is 3.97. The summed E-state index contributed by atoms with van der Waals surface area (Å²) in [5, 5.41) is 10.8. The molecule has 5 nitrogen and oxygen atoms in total. The van der Waals surface area contributed by atoms with Crippen molar-refractivity contribution in [2.45, 2.75) is 20.4 Å². The molecule has 6 heteroatoms. The third-order valence-electron chi connectivity index (χ3n) is 3.54. The van der Waals surface area contributed by atoms with Crippen molar-refractivity contribution in [1.82, 2.24) is 15.5 Å². The Balaban J connectivity index is 1.59. The molecule has 3 rings (SSSR count). The summed E-state index contributed by atoms with van der Waals surface area (Å²) in [5.41, 5.74) is 4.19. The van der Waals surface area contributed by atoms with Gasteiger partial charge in [0.15, 0.2) is 5.11 Å². The first-order valence-corrected chi connectivity index (χ1v) is 8.03. The number of hydrogen-bond acceptors (Lipinski definition) is 4. The molecule has 1 aromatic heterocycles. The van der Waals surface area contributed by atoms with Crippen LogP contribution in [0, 0.1) is 13.8 Å². The van der Waals surface area contributed by atoms with Gasteiger partial charge in [-0.15, -0.1) is 0 Å². The second kappa shape index (κ2) is 7.23. The summed E-state index contributed by atoms with van der Waals surface area (Å²) >= 11 is 5.30. The summed E-state index contributed by atoms with van der Waals surface area (Å²) in [6.45, 7) is 4.43. The lowest BCUT2D eigenvalue weighted by Gasteiger charge is -2.10. The van der Waals surface area contributed by atoms with Crippen LogP contribution in [-0.4, -0.2) is 15.3 Å². The number of anilines is 1. The van der Waals surface area contributed by atoms with Crippen LogP contribution in [0.3, 0.4) is 0 Å². The number of para-hydroxylation sites is 1. The number of nitrogens with zero attached hydrogens (tertiary/aromatic N) is 2. The van der Waals surface area contributed by atoms with Crippen LogP contribution >= 0.6 is 12.2 Å². The topological polar surface area (TPSA) is 63.0 Å². The molecule has 0 aliphatic heterocycles. The molecule has 0 aliphatic rings. The van der Waals surface area contributed by atoms with Crippen molar-refractivity contribution in [3.8, 4) is 11.4 Å². The van der Waals surface area contributed by atoms with E-state index in [4.69, 9.17) is 16.7 Å². The number of hydrogen-bond donors (Lipinski definition) is 2. The van der Waals surface area contributed by atoms with E-state index in [9.17, 15) is 0 Å². The molecule has 0 spiro atoms. The van der Waals surface area contributed by atoms with E-state index in [2.05, 4.69) is 20.8 Å². The van der Waals surface area contributed by atoms with E-state index in [-0.39, 0.29) is 0 Å². The van der Waals surface area contributed by atoms with Gasteiger partial charge >= 0.3 is 0 Å². The highest BCUT2D eigenvalue weighted by molar-refractivity contribution is 7.80. The molecule has 0 fully saturated rings. The Morgan fingerprint density at radius 3 is 2.75 bits per heavy atom. The van der Waals surface area contributed by atoms with E-state index in [1.807, 2.05) is 62.4 Å². The minimum absolute atomic E-state index is 0.372. The summed E-state index contributed by atoms with van der Waals surface area (Å²) in [4.78, 5) is 4.39. The second-order valence-corrected chi connectivity index (χ2v) is 5.91. The predicted molar refractivity (Wildman–Crippen MR) is 98.7 cm³/mol. The van der Waals surface area contributed by atoms with Gasteiger partial charge in [0.2, 0.25) is 11.7 Å². The van der Waals surface area contributed by atoms with E-state index in [1.165, 1.54) is 0 Å². The fourth-order valence-electron chi connectivity index (χ4n) is 2.26. The van der Waals surface area contributed by atoms with Gasteiger partial charge in [0.05, 0.1) is 6.54 Å². The number of benzene rings is 2. The van der Waals surface area contributed by atoms with Gasteiger partial charge in [0.25, 0.3) is 0 Å². The lowest BCUT2D eigenvalue weighted by Crippen LogP contribution is -2.28. The molecule has 0 saturated carbocycles. The molecule has 24 heavy (non-hydrogen) atoms. The Kier molecular flexibility index (Phi) is 4.86. The Morgan fingerprint density at radius 1 is 1.12 bits per heavy atom. The second-order valence-electron chi connectivity index (χ2n) is 5.50. The lowest BCUT2D eigenvalue weighted by atomic mass is 10.1. The van der Waals surface area contributed by atoms with Crippen molar-refractivity contribution >= 4 is 23.0 Å². The van der Waals surface area contributed by atoms with Crippen molar-refractivity contribution in [2.75, 3.05) is 5.32 Å². The number of nitrogens with one attached hydrogen (secondary N) is 2. The van der Waals surface area contributed by atoms with Gasteiger partial charge in [-0.3, -0.25) is 0 Å². The summed E-state index contributed by atoms with van der Waals surface area (Å²) in [6.07, 6.45) is 0. The largest absolute Gasteiger partial charge is 0.353 e. The van der Waals surface area contributed by atoms with Gasteiger partial charge < -0.3 is 15.2 Å². The van der Waals surface area contributed by atoms with E-state index in [1.54, 1.807) is 0 Å². The normalized spacial score (nSPS) is 10.4. The van der Waals surface area contributed by atoms with Crippen LogP contribution in [0.1, 0.15) is 17.0 Å². The number of thiocarbonyl (C=S) groups is 1. The molecule has 2 aromatic carbocycles. The molecule has 3 aromatic rings. The predicted octanol–water partition coefficient (Wildman–Crippen LogP) is 3.84. The highest BCUT2D eigenvalue weighted by Gasteiger charge is 2.09. The first-order valence-electron chi connectivity index (χ1n) is 7.62. The monoisotopic (exact) mass is 338 g/mol. The molecule has 0 radical (unpaired) electrons. The highest BCUT2D eigenvalue weighted by atomic mass is 32.1. The molecule has 0 bridgehead atoms. The summed E-state index contributed by atoms with van der Waals surface area (Å²) < 4.78 is 5.27. The molecule has 2 N–H and O–H groups in total. The van der Waals surface area contributed by atoms with E-state index in [0.717, 1.165) is 22.4 Å². The van der Waals surface area contributed by atoms with Gasteiger partial charge in [-0.2, -0.15) is 4.98 Å². The zero-order chi connectivity index (χ0) is 16.9. The van der Waals surface area contributed by atoms with Crippen LogP contribution < -0.4 is 10.6 Å². The minimum Gasteiger partial charge on any atom is -0.353 e. The average molecular weight is 338 g/mol. The maximum absolute atomic E-state index is 5.30. The SMILES string of the molecule is Cc1cccc(-c2noc(CNC(=S)Nc3ccccc3C)n2)c1. The fourth-order valence-corrected chi connectivity index (χ4v) is 2.45. The van der Waals surface area contributed by atoms with Gasteiger partial charge in [-0.1, -0.05) is 47.1 Å². The number of rotatable bonds is 4. The number of aryl methyl sites for hydroxylation is 2. The first-order chi connectivity index (χ1) is 11.6. The zero-order valence-electron chi connectivity index (χ0n) is 13.5. The van der Waals surface area contributed by atoms with E-state index >= 15 is 0 Å². The van der Waals surface area contributed by atoms with E-state index < -0.39 is 0 Å². The fraction of sp³-hybridized carbons (Fsp3) is 0.167. The Labute approximate surface area is 146 Å². The Morgan fingerprint density at radius 2 is 1.96 bits per heavy atom. The summed E-state index contributed by atoms with van der Waals surface area (Å²) in [5.74, 6) is 1.06. The summed E-state index contributed by atoms with van der Waals surface area (Å²) in [6, 6.07) is 15.9. The smallest absolute Gasteiger partial charge is 0.246 e. The van der Waals surface area contributed by atoms with Crippen LogP contribution in [0.5, 0.6) is 0 Å². The maximum atomic E-state index is 5.30. The van der Waals surface area contributed by atoms with E-state index in [0.29, 0.717) is 23.4 Å². The van der Waals surface area contributed by atoms with Crippen LogP contribution in [0.2, 0.25) is 0 Å². The van der Waals surface area contributed by atoms with Crippen molar-refractivity contribution < 1.29 is 4.52 Å². The van der Waals surface area contributed by atoms with Gasteiger partial charge in [0.1, 0.15) is 0 Å². The van der Waals surface area contributed by atoms with Gasteiger partial charge in [-0.25, -0.2) is 0 Å². The third-order valence-corrected chi connectivity index (χ3v) is 3.78. The Bertz CT molecular complexity index is 859. The molecule has 0 amide bonds. The van der Waals surface area contributed by atoms with Gasteiger partial charge in [0, 0.05) is 11.3 Å². The number of aromatic nitrogens is 2. The van der Waals surface area contributed by atoms with Gasteiger partial charge in [-0.05, 0) is 43.8 Å². The molecule has 0 atom stereocenters. The molecule has 0 unspecified atom stereocenters. The van der Waals surface area contributed by atoms with Crippen molar-refractivity contribution in [3.05, 3.63) is 65.5 Å².